The maximum Gasteiger partial charge on any atom is 0.270 e. The monoisotopic (exact) mass is 291 g/mol. The smallest absolute Gasteiger partial charge is 0.270 e. The number of amides is 1. The van der Waals surface area contributed by atoms with E-state index in [-0.39, 0.29) is 12.0 Å². The van der Waals surface area contributed by atoms with E-state index in [0.29, 0.717) is 12.6 Å². The van der Waals surface area contributed by atoms with E-state index in [9.17, 15) is 4.79 Å². The third kappa shape index (κ3) is 3.47. The number of nitrogens with two attached hydrogens (primary N) is 1. The lowest BCUT2D eigenvalue weighted by molar-refractivity contribution is 0.00816. The summed E-state index contributed by atoms with van der Waals surface area (Å²) in [7, 11) is 0. The summed E-state index contributed by atoms with van der Waals surface area (Å²) in [5.74, 6) is 0.173. The Labute approximate surface area is 126 Å². The van der Waals surface area contributed by atoms with Crippen molar-refractivity contribution in [3.05, 3.63) is 24.0 Å². The lowest BCUT2D eigenvalue weighted by Crippen LogP contribution is -2.41. The molecular formula is C16H25N3O2. The van der Waals surface area contributed by atoms with Gasteiger partial charge in [-0.1, -0.05) is 0 Å². The van der Waals surface area contributed by atoms with Crippen molar-refractivity contribution in [3.8, 4) is 0 Å². The van der Waals surface area contributed by atoms with Crippen LogP contribution in [0, 0.1) is 0 Å². The van der Waals surface area contributed by atoms with Gasteiger partial charge in [0.25, 0.3) is 5.91 Å². The number of rotatable bonds is 6. The van der Waals surface area contributed by atoms with Crippen molar-refractivity contribution >= 4 is 5.91 Å². The highest BCUT2D eigenvalue weighted by Crippen LogP contribution is 2.36. The van der Waals surface area contributed by atoms with Gasteiger partial charge in [-0.05, 0) is 50.8 Å². The molecule has 0 radical (unpaired) electrons. The number of hydrogen-bond donors (Lipinski definition) is 1. The minimum Gasteiger partial charge on any atom is -0.378 e. The highest BCUT2D eigenvalue weighted by Gasteiger charge is 2.30. The molecule has 116 valence electrons. The number of carbonyl (C=O) groups excluding carboxylic acids is 1. The Bertz CT molecular complexity index is 474. The predicted octanol–water partition coefficient (Wildman–Crippen LogP) is 1.79. The van der Waals surface area contributed by atoms with Gasteiger partial charge in [-0.15, -0.1) is 0 Å². The highest BCUT2D eigenvalue weighted by atomic mass is 16.5. The summed E-state index contributed by atoms with van der Waals surface area (Å²) in [6.45, 7) is 3.00. The molecule has 2 aliphatic rings. The van der Waals surface area contributed by atoms with Crippen LogP contribution in [0.2, 0.25) is 0 Å². The average Bonchev–Trinajstić information content (AvgIpc) is 3.25. The fraction of sp³-hybridized carbons (Fsp3) is 0.688. The number of carbonyl (C=O) groups is 1. The van der Waals surface area contributed by atoms with Crippen LogP contribution in [0.1, 0.15) is 48.6 Å². The lowest BCUT2D eigenvalue weighted by Gasteiger charge is -2.32. The number of ether oxygens (including phenoxy) is 1. The first-order chi connectivity index (χ1) is 10.3. The van der Waals surface area contributed by atoms with Crippen molar-refractivity contribution in [1.29, 1.82) is 0 Å². The second kappa shape index (κ2) is 6.62. The Hall–Kier alpha value is -1.33. The molecule has 21 heavy (non-hydrogen) atoms. The molecule has 1 saturated heterocycles. The number of likely N-dealkylation sites (tertiary alicyclic amines) is 1. The first-order valence-corrected chi connectivity index (χ1v) is 8.07. The Morgan fingerprint density at radius 2 is 2.05 bits per heavy atom. The van der Waals surface area contributed by atoms with Gasteiger partial charge in [0.2, 0.25) is 0 Å². The van der Waals surface area contributed by atoms with Crippen molar-refractivity contribution in [2.45, 2.75) is 44.2 Å². The Balaban J connectivity index is 1.52. The summed E-state index contributed by atoms with van der Waals surface area (Å²) >= 11 is 0. The number of aromatic nitrogens is 1. The Kier molecular flexibility index (Phi) is 4.60. The molecule has 1 aliphatic carbocycles. The summed E-state index contributed by atoms with van der Waals surface area (Å²) in [6.07, 6.45) is 7.50. The van der Waals surface area contributed by atoms with Crippen LogP contribution in [0.3, 0.4) is 0 Å². The zero-order valence-electron chi connectivity index (χ0n) is 12.5. The molecule has 1 aromatic rings. The molecule has 3 rings (SSSR count). The first kappa shape index (κ1) is 14.6. The normalized spacial score (nSPS) is 20.0. The van der Waals surface area contributed by atoms with Crippen molar-refractivity contribution < 1.29 is 9.53 Å². The zero-order valence-corrected chi connectivity index (χ0v) is 12.5. The van der Waals surface area contributed by atoms with Gasteiger partial charge in [0.15, 0.2) is 0 Å². The quantitative estimate of drug-likeness (QED) is 0.813. The fourth-order valence-electron chi connectivity index (χ4n) is 2.97. The molecular weight excluding hydrogens is 266 g/mol. The van der Waals surface area contributed by atoms with Crippen LogP contribution in [0.15, 0.2) is 18.3 Å². The molecule has 2 N–H and O–H groups in total. The molecule has 2 heterocycles. The molecule has 5 heteroatoms. The summed E-state index contributed by atoms with van der Waals surface area (Å²) in [5.41, 5.74) is 6.32. The van der Waals surface area contributed by atoms with Gasteiger partial charge in [-0.25, -0.2) is 0 Å². The summed E-state index contributed by atoms with van der Waals surface area (Å²) < 4.78 is 7.94. The van der Waals surface area contributed by atoms with Gasteiger partial charge < -0.3 is 19.9 Å². The highest BCUT2D eigenvalue weighted by molar-refractivity contribution is 5.93. The molecule has 0 atom stereocenters. The van der Waals surface area contributed by atoms with Crippen molar-refractivity contribution in [2.75, 3.05) is 26.2 Å². The molecule has 0 unspecified atom stereocenters. The van der Waals surface area contributed by atoms with E-state index in [1.54, 1.807) is 0 Å². The molecule has 1 amide bonds. The summed E-state index contributed by atoms with van der Waals surface area (Å²) in [5, 5.41) is 0. The van der Waals surface area contributed by atoms with E-state index in [2.05, 4.69) is 4.57 Å². The molecule has 1 aromatic heterocycles. The van der Waals surface area contributed by atoms with Crippen LogP contribution in [-0.2, 0) is 4.74 Å². The maximum absolute atomic E-state index is 12.6. The average molecular weight is 291 g/mol. The lowest BCUT2D eigenvalue weighted by atomic mass is 10.1. The second-order valence-electron chi connectivity index (χ2n) is 6.04. The van der Waals surface area contributed by atoms with Gasteiger partial charge in [0.05, 0.1) is 6.10 Å². The van der Waals surface area contributed by atoms with Crippen LogP contribution in [0.4, 0.5) is 0 Å². The molecule has 0 aromatic carbocycles. The Morgan fingerprint density at radius 3 is 2.71 bits per heavy atom. The van der Waals surface area contributed by atoms with Gasteiger partial charge in [-0.3, -0.25) is 4.79 Å². The molecule has 5 nitrogen and oxygen atoms in total. The van der Waals surface area contributed by atoms with Crippen LogP contribution < -0.4 is 5.73 Å². The van der Waals surface area contributed by atoms with Crippen LogP contribution in [-0.4, -0.2) is 47.7 Å². The standard InChI is InChI=1S/C16H25N3O2/c17-8-2-12-21-14-6-10-18(11-7-14)16(20)15-3-1-9-19(15)13-4-5-13/h1,3,9,13-14H,2,4-8,10-12,17H2. The van der Waals surface area contributed by atoms with E-state index < -0.39 is 0 Å². The Morgan fingerprint density at radius 1 is 1.29 bits per heavy atom. The summed E-state index contributed by atoms with van der Waals surface area (Å²) in [4.78, 5) is 14.6. The maximum atomic E-state index is 12.6. The van der Waals surface area contributed by atoms with Gasteiger partial charge >= 0.3 is 0 Å². The minimum atomic E-state index is 0.173. The van der Waals surface area contributed by atoms with Gasteiger partial charge in [-0.2, -0.15) is 0 Å². The van der Waals surface area contributed by atoms with E-state index >= 15 is 0 Å². The van der Waals surface area contributed by atoms with Crippen molar-refractivity contribution in [3.63, 3.8) is 0 Å². The molecule has 0 bridgehead atoms. The van der Waals surface area contributed by atoms with E-state index in [0.717, 1.165) is 44.7 Å². The van der Waals surface area contributed by atoms with Gasteiger partial charge in [0, 0.05) is 31.9 Å². The van der Waals surface area contributed by atoms with Crippen LogP contribution in [0.25, 0.3) is 0 Å². The first-order valence-electron chi connectivity index (χ1n) is 8.07. The largest absolute Gasteiger partial charge is 0.378 e. The third-order valence-corrected chi connectivity index (χ3v) is 4.37. The SMILES string of the molecule is NCCCOC1CCN(C(=O)c2cccn2C2CC2)CC1. The number of nitrogens with zero attached hydrogens (tertiary/aromatic N) is 2. The number of hydrogen-bond acceptors (Lipinski definition) is 3. The third-order valence-electron chi connectivity index (χ3n) is 4.37. The second-order valence-corrected chi connectivity index (χ2v) is 6.04. The predicted molar refractivity (Wildman–Crippen MR) is 81.3 cm³/mol. The van der Waals surface area contributed by atoms with E-state index in [4.69, 9.17) is 10.5 Å². The number of piperidine rings is 1. The van der Waals surface area contributed by atoms with Crippen molar-refractivity contribution in [2.24, 2.45) is 5.73 Å². The van der Waals surface area contributed by atoms with E-state index in [1.807, 2.05) is 23.2 Å². The minimum absolute atomic E-state index is 0.173. The fourth-order valence-corrected chi connectivity index (χ4v) is 2.97. The molecule has 0 spiro atoms. The molecule has 2 fully saturated rings. The topological polar surface area (TPSA) is 60.5 Å². The molecule has 1 aliphatic heterocycles. The van der Waals surface area contributed by atoms with Gasteiger partial charge in [0.1, 0.15) is 5.69 Å². The van der Waals surface area contributed by atoms with E-state index in [1.165, 1.54) is 12.8 Å². The van der Waals surface area contributed by atoms with Crippen LogP contribution >= 0.6 is 0 Å². The molecule has 1 saturated carbocycles. The summed E-state index contributed by atoms with van der Waals surface area (Å²) in [6, 6.07) is 4.48. The van der Waals surface area contributed by atoms with Crippen LogP contribution in [0.5, 0.6) is 0 Å². The zero-order chi connectivity index (χ0) is 14.7. The van der Waals surface area contributed by atoms with Crippen molar-refractivity contribution in [1.82, 2.24) is 9.47 Å².